The number of amides is 1. The second-order valence-corrected chi connectivity index (χ2v) is 6.40. The minimum atomic E-state index is -0.112. The summed E-state index contributed by atoms with van der Waals surface area (Å²) in [6, 6.07) is 10.8. The fourth-order valence-corrected chi connectivity index (χ4v) is 2.70. The molecule has 0 bridgehead atoms. The lowest BCUT2D eigenvalue weighted by Crippen LogP contribution is -2.29. The number of carbonyl (C=O) groups excluding carboxylic acids is 1. The second kappa shape index (κ2) is 6.56. The molecule has 136 valence electrons. The van der Waals surface area contributed by atoms with Crippen LogP contribution in [0, 0.1) is 0 Å². The summed E-state index contributed by atoms with van der Waals surface area (Å²) >= 11 is 0. The number of nitrogens with zero attached hydrogens (tertiary/aromatic N) is 4. The molecule has 0 saturated carbocycles. The van der Waals surface area contributed by atoms with Gasteiger partial charge in [0.2, 0.25) is 5.82 Å². The SMILES string of the molecule is CC(C)NC(=O)c1ccc(-c2cn3nc(-c4ccco4)nc3c(N)n2)cc1. The van der Waals surface area contributed by atoms with Crippen molar-refractivity contribution in [1.82, 2.24) is 24.9 Å². The Morgan fingerprint density at radius 3 is 2.63 bits per heavy atom. The van der Waals surface area contributed by atoms with Crippen LogP contribution < -0.4 is 11.1 Å². The highest BCUT2D eigenvalue weighted by Gasteiger charge is 2.14. The summed E-state index contributed by atoms with van der Waals surface area (Å²) in [6.45, 7) is 3.84. The van der Waals surface area contributed by atoms with Crippen LogP contribution in [0.5, 0.6) is 0 Å². The lowest BCUT2D eigenvalue weighted by Gasteiger charge is -2.09. The molecule has 0 aliphatic heterocycles. The monoisotopic (exact) mass is 362 g/mol. The Morgan fingerprint density at radius 1 is 1.19 bits per heavy atom. The molecule has 1 aromatic carbocycles. The van der Waals surface area contributed by atoms with Gasteiger partial charge in [-0.05, 0) is 38.1 Å². The molecule has 3 N–H and O–H groups in total. The van der Waals surface area contributed by atoms with E-state index in [0.717, 1.165) is 5.56 Å². The van der Waals surface area contributed by atoms with E-state index >= 15 is 0 Å². The topological polar surface area (TPSA) is 111 Å². The highest BCUT2D eigenvalue weighted by Crippen LogP contribution is 2.23. The first-order valence-electron chi connectivity index (χ1n) is 8.49. The molecule has 8 heteroatoms. The normalized spacial score (nSPS) is 11.2. The number of nitrogens with two attached hydrogens (primary N) is 1. The molecule has 0 fully saturated rings. The van der Waals surface area contributed by atoms with Crippen molar-refractivity contribution in [3.8, 4) is 22.8 Å². The summed E-state index contributed by atoms with van der Waals surface area (Å²) in [5.41, 5.74) is 8.56. The number of fused-ring (bicyclic) bond motifs is 1. The second-order valence-electron chi connectivity index (χ2n) is 6.40. The third-order valence-electron chi connectivity index (χ3n) is 3.95. The van der Waals surface area contributed by atoms with Crippen molar-refractivity contribution in [3.63, 3.8) is 0 Å². The number of nitrogen functional groups attached to an aromatic ring is 1. The molecule has 0 atom stereocenters. The zero-order valence-electron chi connectivity index (χ0n) is 14.9. The maximum Gasteiger partial charge on any atom is 0.251 e. The molecular weight excluding hydrogens is 344 g/mol. The molecule has 8 nitrogen and oxygen atoms in total. The Hall–Kier alpha value is -3.68. The van der Waals surface area contributed by atoms with Gasteiger partial charge in [-0.25, -0.2) is 14.5 Å². The minimum Gasteiger partial charge on any atom is -0.461 e. The van der Waals surface area contributed by atoms with Crippen molar-refractivity contribution in [1.29, 1.82) is 0 Å². The summed E-state index contributed by atoms with van der Waals surface area (Å²) in [7, 11) is 0. The Balaban J connectivity index is 1.68. The molecule has 4 rings (SSSR count). The molecule has 0 saturated heterocycles. The van der Waals surface area contributed by atoms with Crippen LogP contribution in [-0.2, 0) is 0 Å². The molecule has 0 aliphatic carbocycles. The number of hydrogen-bond acceptors (Lipinski definition) is 6. The van der Waals surface area contributed by atoms with E-state index in [4.69, 9.17) is 10.2 Å². The first-order chi connectivity index (χ1) is 13.0. The van der Waals surface area contributed by atoms with Gasteiger partial charge in [-0.2, -0.15) is 0 Å². The van der Waals surface area contributed by atoms with Gasteiger partial charge < -0.3 is 15.5 Å². The number of anilines is 1. The average molecular weight is 362 g/mol. The van der Waals surface area contributed by atoms with E-state index in [1.165, 1.54) is 0 Å². The molecule has 3 heterocycles. The van der Waals surface area contributed by atoms with Crippen molar-refractivity contribution >= 4 is 17.4 Å². The van der Waals surface area contributed by atoms with Gasteiger partial charge in [-0.1, -0.05) is 12.1 Å². The van der Waals surface area contributed by atoms with E-state index in [1.807, 2.05) is 26.0 Å². The summed E-state index contributed by atoms with van der Waals surface area (Å²) in [6.07, 6.45) is 3.30. The summed E-state index contributed by atoms with van der Waals surface area (Å²) in [5.74, 6) is 1.14. The van der Waals surface area contributed by atoms with Crippen LogP contribution in [0.15, 0.2) is 53.3 Å². The number of nitrogens with one attached hydrogen (secondary N) is 1. The molecular formula is C19H18N6O2. The number of rotatable bonds is 4. The standard InChI is InChI=1S/C19H18N6O2/c1-11(2)21-19(26)13-7-5-12(6-8-13)14-10-25-18(16(20)22-14)23-17(24-25)15-4-3-9-27-15/h3-11H,1-2H3,(H2,20,22)(H,21,26). The fraction of sp³-hybridized carbons (Fsp3) is 0.158. The Labute approximate surface area is 155 Å². The molecule has 27 heavy (non-hydrogen) atoms. The molecule has 3 aromatic heterocycles. The van der Waals surface area contributed by atoms with Gasteiger partial charge in [0, 0.05) is 17.2 Å². The molecule has 0 aliphatic rings. The summed E-state index contributed by atoms with van der Waals surface area (Å²) in [5, 5.41) is 7.27. The molecule has 0 unspecified atom stereocenters. The number of carbonyl (C=O) groups is 1. The minimum absolute atomic E-state index is 0.0803. The van der Waals surface area contributed by atoms with Crippen molar-refractivity contribution in [2.45, 2.75) is 19.9 Å². The lowest BCUT2D eigenvalue weighted by molar-refractivity contribution is 0.0943. The van der Waals surface area contributed by atoms with Gasteiger partial charge in [0.1, 0.15) is 0 Å². The van der Waals surface area contributed by atoms with E-state index < -0.39 is 0 Å². The van der Waals surface area contributed by atoms with Gasteiger partial charge in [0.05, 0.1) is 18.2 Å². The van der Waals surface area contributed by atoms with Crippen molar-refractivity contribution in [2.75, 3.05) is 5.73 Å². The van der Waals surface area contributed by atoms with E-state index in [9.17, 15) is 4.79 Å². The van der Waals surface area contributed by atoms with Crippen LogP contribution in [0.3, 0.4) is 0 Å². The molecule has 0 spiro atoms. The van der Waals surface area contributed by atoms with Crippen LogP contribution >= 0.6 is 0 Å². The summed E-state index contributed by atoms with van der Waals surface area (Å²) < 4.78 is 6.91. The van der Waals surface area contributed by atoms with Crippen LogP contribution in [0.4, 0.5) is 5.82 Å². The third-order valence-corrected chi connectivity index (χ3v) is 3.95. The van der Waals surface area contributed by atoms with Gasteiger partial charge in [0.25, 0.3) is 5.91 Å². The Kier molecular flexibility index (Phi) is 4.08. The van der Waals surface area contributed by atoms with E-state index in [0.29, 0.717) is 28.5 Å². The van der Waals surface area contributed by atoms with E-state index in [2.05, 4.69) is 20.4 Å². The van der Waals surface area contributed by atoms with Crippen LogP contribution in [0.2, 0.25) is 0 Å². The lowest BCUT2D eigenvalue weighted by atomic mass is 10.1. The largest absolute Gasteiger partial charge is 0.461 e. The van der Waals surface area contributed by atoms with Gasteiger partial charge >= 0.3 is 0 Å². The third kappa shape index (κ3) is 3.24. The fourth-order valence-electron chi connectivity index (χ4n) is 2.70. The zero-order valence-corrected chi connectivity index (χ0v) is 14.9. The first kappa shape index (κ1) is 16.8. The quantitative estimate of drug-likeness (QED) is 0.577. The van der Waals surface area contributed by atoms with Crippen molar-refractivity contribution in [3.05, 3.63) is 54.4 Å². The van der Waals surface area contributed by atoms with E-state index in [-0.39, 0.29) is 17.8 Å². The van der Waals surface area contributed by atoms with E-state index in [1.54, 1.807) is 41.2 Å². The van der Waals surface area contributed by atoms with Crippen molar-refractivity contribution in [2.24, 2.45) is 0 Å². The first-order valence-corrected chi connectivity index (χ1v) is 8.49. The molecule has 1 amide bonds. The highest BCUT2D eigenvalue weighted by atomic mass is 16.3. The molecule has 0 radical (unpaired) electrons. The molecule has 4 aromatic rings. The van der Waals surface area contributed by atoms with Gasteiger partial charge in [-0.3, -0.25) is 4.79 Å². The predicted molar refractivity (Wildman–Crippen MR) is 101 cm³/mol. The Morgan fingerprint density at radius 2 is 1.96 bits per heavy atom. The average Bonchev–Trinajstić information content (AvgIpc) is 3.30. The van der Waals surface area contributed by atoms with Gasteiger partial charge in [0.15, 0.2) is 17.2 Å². The maximum absolute atomic E-state index is 12.1. The predicted octanol–water partition coefficient (Wildman–Crippen LogP) is 2.77. The number of aromatic nitrogens is 4. The number of benzene rings is 1. The Bertz CT molecular complexity index is 1100. The number of hydrogen-bond donors (Lipinski definition) is 2. The van der Waals surface area contributed by atoms with Crippen LogP contribution in [-0.4, -0.2) is 31.5 Å². The van der Waals surface area contributed by atoms with Crippen LogP contribution in [0.25, 0.3) is 28.5 Å². The smallest absolute Gasteiger partial charge is 0.251 e. The maximum atomic E-state index is 12.1. The van der Waals surface area contributed by atoms with Crippen LogP contribution in [0.1, 0.15) is 24.2 Å². The zero-order chi connectivity index (χ0) is 19.0. The summed E-state index contributed by atoms with van der Waals surface area (Å²) in [4.78, 5) is 20.9. The highest BCUT2D eigenvalue weighted by molar-refractivity contribution is 5.94. The number of furan rings is 1. The van der Waals surface area contributed by atoms with Crippen molar-refractivity contribution < 1.29 is 9.21 Å². The van der Waals surface area contributed by atoms with Gasteiger partial charge in [-0.15, -0.1) is 5.10 Å².